The zero-order chi connectivity index (χ0) is 17.4. The van der Waals surface area contributed by atoms with E-state index in [9.17, 15) is 0 Å². The Bertz CT molecular complexity index is 801. The van der Waals surface area contributed by atoms with Gasteiger partial charge in [0, 0.05) is 47.2 Å². The molecule has 2 aromatic carbocycles. The van der Waals surface area contributed by atoms with E-state index in [2.05, 4.69) is 79.2 Å². The molecule has 2 aliphatic rings. The number of hydrogen-bond donors (Lipinski definition) is 0. The average molecular weight is 351 g/mol. The van der Waals surface area contributed by atoms with Crippen molar-refractivity contribution in [1.29, 1.82) is 0 Å². The van der Waals surface area contributed by atoms with Gasteiger partial charge in [0.1, 0.15) is 0 Å². The van der Waals surface area contributed by atoms with E-state index in [1.165, 1.54) is 32.2 Å². The summed E-state index contributed by atoms with van der Waals surface area (Å²) < 4.78 is 0. The van der Waals surface area contributed by atoms with Crippen LogP contribution in [0.25, 0.3) is 11.8 Å². The summed E-state index contributed by atoms with van der Waals surface area (Å²) in [6, 6.07) is 15.8. The van der Waals surface area contributed by atoms with Crippen LogP contribution in [0.3, 0.4) is 0 Å². The molecule has 0 radical (unpaired) electrons. The number of piperazine rings is 1. The molecule has 0 unspecified atom stereocenters. The molecule has 2 aromatic rings. The average Bonchev–Trinajstić information content (AvgIpc) is 2.78. The Morgan fingerprint density at radius 3 is 2.44 bits per heavy atom. The molecule has 0 bridgehead atoms. The molecule has 1 saturated heterocycles. The van der Waals surface area contributed by atoms with Crippen LogP contribution >= 0.6 is 11.8 Å². The lowest BCUT2D eigenvalue weighted by molar-refractivity contribution is 0.207. The molecule has 2 heterocycles. The maximum atomic E-state index is 2.58. The minimum absolute atomic E-state index is 0.551. The van der Waals surface area contributed by atoms with Crippen molar-refractivity contribution >= 4 is 23.5 Å². The van der Waals surface area contributed by atoms with Crippen LogP contribution in [0.1, 0.15) is 36.5 Å². The van der Waals surface area contributed by atoms with Gasteiger partial charge in [-0.15, -0.1) is 0 Å². The lowest BCUT2D eigenvalue weighted by atomic mass is 9.98. The Balaban J connectivity index is 1.84. The fourth-order valence-corrected chi connectivity index (χ4v) is 4.58. The summed E-state index contributed by atoms with van der Waals surface area (Å²) in [5, 5.41) is 0. The SMILES string of the molecule is CC(C)c1ccc2c(c1)C(N1CCN(C)CC1)=Cc1ccccc1S2. The molecule has 25 heavy (non-hydrogen) atoms. The van der Waals surface area contributed by atoms with E-state index in [1.807, 2.05) is 11.8 Å². The van der Waals surface area contributed by atoms with E-state index < -0.39 is 0 Å². The molecule has 2 aliphatic heterocycles. The molecule has 0 N–H and O–H groups in total. The smallest absolute Gasteiger partial charge is 0.0458 e. The highest BCUT2D eigenvalue weighted by molar-refractivity contribution is 7.99. The predicted molar refractivity (Wildman–Crippen MR) is 108 cm³/mol. The first-order valence-corrected chi connectivity index (χ1v) is 10.00. The fourth-order valence-electron chi connectivity index (χ4n) is 3.54. The highest BCUT2D eigenvalue weighted by Gasteiger charge is 2.23. The van der Waals surface area contributed by atoms with Crippen LogP contribution in [-0.2, 0) is 0 Å². The van der Waals surface area contributed by atoms with Gasteiger partial charge in [0.05, 0.1) is 0 Å². The number of rotatable bonds is 2. The van der Waals surface area contributed by atoms with Gasteiger partial charge in [-0.05, 0) is 48.4 Å². The lowest BCUT2D eigenvalue weighted by Crippen LogP contribution is -2.43. The largest absolute Gasteiger partial charge is 0.368 e. The zero-order valence-electron chi connectivity index (χ0n) is 15.3. The summed E-state index contributed by atoms with van der Waals surface area (Å²) in [6.07, 6.45) is 2.41. The standard InChI is InChI=1S/C22H26N2S/c1-16(2)17-8-9-22-19(14-17)20(24-12-10-23(3)11-13-24)15-18-6-4-5-7-21(18)25-22/h4-9,14-16H,10-13H2,1-3H3. The Kier molecular flexibility index (Phi) is 4.61. The second kappa shape index (κ2) is 6.89. The number of fused-ring (bicyclic) bond motifs is 2. The third kappa shape index (κ3) is 3.36. The zero-order valence-corrected chi connectivity index (χ0v) is 16.1. The Morgan fingerprint density at radius 2 is 1.68 bits per heavy atom. The summed E-state index contributed by atoms with van der Waals surface area (Å²) in [5.74, 6) is 0.551. The van der Waals surface area contributed by atoms with Gasteiger partial charge in [-0.1, -0.05) is 49.9 Å². The van der Waals surface area contributed by atoms with Crippen molar-refractivity contribution in [2.24, 2.45) is 0 Å². The van der Waals surface area contributed by atoms with Crippen molar-refractivity contribution < 1.29 is 0 Å². The third-order valence-corrected chi connectivity index (χ3v) is 6.39. The van der Waals surface area contributed by atoms with E-state index in [1.54, 1.807) is 0 Å². The molecule has 2 nitrogen and oxygen atoms in total. The maximum absolute atomic E-state index is 2.58. The van der Waals surface area contributed by atoms with Crippen molar-refractivity contribution in [3.8, 4) is 0 Å². The Morgan fingerprint density at radius 1 is 0.920 bits per heavy atom. The molecule has 0 spiro atoms. The van der Waals surface area contributed by atoms with Crippen molar-refractivity contribution in [2.45, 2.75) is 29.6 Å². The molecule has 0 amide bonds. The van der Waals surface area contributed by atoms with Crippen LogP contribution in [0.5, 0.6) is 0 Å². The van der Waals surface area contributed by atoms with Gasteiger partial charge in [0.25, 0.3) is 0 Å². The van der Waals surface area contributed by atoms with E-state index in [4.69, 9.17) is 0 Å². The van der Waals surface area contributed by atoms with Crippen LogP contribution in [0.4, 0.5) is 0 Å². The predicted octanol–water partition coefficient (Wildman–Crippen LogP) is 5.02. The van der Waals surface area contributed by atoms with Crippen LogP contribution in [-0.4, -0.2) is 43.0 Å². The molecule has 1 fully saturated rings. The van der Waals surface area contributed by atoms with E-state index in [0.29, 0.717) is 5.92 Å². The van der Waals surface area contributed by atoms with Crippen LogP contribution in [0, 0.1) is 0 Å². The van der Waals surface area contributed by atoms with Crippen molar-refractivity contribution in [1.82, 2.24) is 9.80 Å². The molecule has 0 aromatic heterocycles. The lowest BCUT2D eigenvalue weighted by Gasteiger charge is -2.36. The quantitative estimate of drug-likeness (QED) is 0.751. The summed E-state index contributed by atoms with van der Waals surface area (Å²) in [6.45, 7) is 9.01. The number of nitrogens with zero attached hydrogens (tertiary/aromatic N) is 2. The molecule has 0 atom stereocenters. The minimum atomic E-state index is 0.551. The first kappa shape index (κ1) is 16.7. The van der Waals surface area contributed by atoms with Crippen molar-refractivity contribution in [3.63, 3.8) is 0 Å². The monoisotopic (exact) mass is 350 g/mol. The Labute approximate surface area is 155 Å². The molecule has 3 heteroatoms. The number of hydrogen-bond acceptors (Lipinski definition) is 3. The van der Waals surface area contributed by atoms with E-state index >= 15 is 0 Å². The third-order valence-electron chi connectivity index (χ3n) is 5.22. The summed E-state index contributed by atoms with van der Waals surface area (Å²) in [4.78, 5) is 7.72. The van der Waals surface area contributed by atoms with Gasteiger partial charge in [0.15, 0.2) is 0 Å². The first-order valence-electron chi connectivity index (χ1n) is 9.18. The van der Waals surface area contributed by atoms with E-state index in [-0.39, 0.29) is 0 Å². The maximum Gasteiger partial charge on any atom is 0.0458 e. The summed E-state index contributed by atoms with van der Waals surface area (Å²) in [7, 11) is 2.22. The summed E-state index contributed by atoms with van der Waals surface area (Å²) in [5.41, 5.74) is 5.55. The molecule has 0 saturated carbocycles. The van der Waals surface area contributed by atoms with Gasteiger partial charge < -0.3 is 9.80 Å². The second-order valence-electron chi connectivity index (χ2n) is 7.37. The van der Waals surface area contributed by atoms with Gasteiger partial charge in [-0.3, -0.25) is 0 Å². The molecule has 0 aliphatic carbocycles. The first-order chi connectivity index (χ1) is 12.1. The molecular formula is C22H26N2S. The second-order valence-corrected chi connectivity index (χ2v) is 8.45. The fraction of sp³-hybridized carbons (Fsp3) is 0.364. The van der Waals surface area contributed by atoms with Crippen molar-refractivity contribution in [2.75, 3.05) is 33.2 Å². The molecular weight excluding hydrogens is 324 g/mol. The van der Waals surface area contributed by atoms with E-state index in [0.717, 1.165) is 26.2 Å². The number of benzene rings is 2. The van der Waals surface area contributed by atoms with Gasteiger partial charge in [0.2, 0.25) is 0 Å². The highest BCUT2D eigenvalue weighted by Crippen LogP contribution is 2.42. The van der Waals surface area contributed by atoms with Gasteiger partial charge in [-0.2, -0.15) is 0 Å². The highest BCUT2D eigenvalue weighted by atomic mass is 32.2. The topological polar surface area (TPSA) is 6.48 Å². The van der Waals surface area contributed by atoms with Crippen LogP contribution < -0.4 is 0 Å². The number of likely N-dealkylation sites (N-methyl/N-ethyl adjacent to an activating group) is 1. The van der Waals surface area contributed by atoms with Gasteiger partial charge in [-0.25, -0.2) is 0 Å². The van der Waals surface area contributed by atoms with Crippen molar-refractivity contribution in [3.05, 3.63) is 59.2 Å². The van der Waals surface area contributed by atoms with Gasteiger partial charge >= 0.3 is 0 Å². The molecule has 4 rings (SSSR count). The Hall–Kier alpha value is -1.71. The normalized spacial score (nSPS) is 17.8. The minimum Gasteiger partial charge on any atom is -0.368 e. The van der Waals surface area contributed by atoms with Crippen LogP contribution in [0.15, 0.2) is 52.3 Å². The van der Waals surface area contributed by atoms with Crippen LogP contribution in [0.2, 0.25) is 0 Å². The molecule has 130 valence electrons. The summed E-state index contributed by atoms with van der Waals surface area (Å²) >= 11 is 1.90.